The quantitative estimate of drug-likeness (QED) is 0.165. The zero-order chi connectivity index (χ0) is 28.1. The van der Waals surface area contributed by atoms with Crippen molar-refractivity contribution < 1.29 is 59.2 Å². The first kappa shape index (κ1) is 28.9. The molecule has 2 heterocycles. The van der Waals surface area contributed by atoms with Crippen molar-refractivity contribution in [2.24, 2.45) is 11.8 Å². The first-order valence-corrected chi connectivity index (χ1v) is 12.5. The Morgan fingerprint density at radius 3 is 2.51 bits per heavy atom. The summed E-state index contributed by atoms with van der Waals surface area (Å²) in [6.45, 7) is -0.876. The molecule has 12 nitrogen and oxygen atoms in total. The highest BCUT2D eigenvalue weighted by molar-refractivity contribution is 5.87. The van der Waals surface area contributed by atoms with Gasteiger partial charge in [0.1, 0.15) is 31.0 Å². The number of benzene rings is 1. The van der Waals surface area contributed by atoms with Crippen LogP contribution in [0.1, 0.15) is 18.4 Å². The van der Waals surface area contributed by atoms with Crippen molar-refractivity contribution in [3.8, 4) is 0 Å². The summed E-state index contributed by atoms with van der Waals surface area (Å²) >= 11 is 0. The van der Waals surface area contributed by atoms with Crippen molar-refractivity contribution >= 4 is 18.0 Å². The Bertz CT molecular complexity index is 1100. The van der Waals surface area contributed by atoms with Gasteiger partial charge >= 0.3 is 11.9 Å². The second kappa shape index (κ2) is 12.8. The number of hydrogen-bond acceptors (Lipinski definition) is 11. The Morgan fingerprint density at radius 1 is 1.08 bits per heavy atom. The van der Waals surface area contributed by atoms with Gasteiger partial charge in [0.15, 0.2) is 6.29 Å². The van der Waals surface area contributed by atoms with E-state index in [-0.39, 0.29) is 25.0 Å². The molecule has 39 heavy (non-hydrogen) atoms. The van der Waals surface area contributed by atoms with Gasteiger partial charge in [-0.15, -0.1) is 0 Å². The number of ether oxygens (including phenoxy) is 4. The van der Waals surface area contributed by atoms with Crippen molar-refractivity contribution in [1.29, 1.82) is 0 Å². The number of carboxylic acids is 1. The number of carbonyl (C=O) groups excluding carboxylic acids is 1. The van der Waals surface area contributed by atoms with Crippen LogP contribution in [0.15, 0.2) is 59.9 Å². The summed E-state index contributed by atoms with van der Waals surface area (Å²) in [5, 5.41) is 59.7. The third kappa shape index (κ3) is 6.73. The highest BCUT2D eigenvalue weighted by atomic mass is 16.8. The fourth-order valence-electron chi connectivity index (χ4n) is 4.86. The third-order valence-corrected chi connectivity index (χ3v) is 6.97. The molecule has 9 atom stereocenters. The van der Waals surface area contributed by atoms with E-state index < -0.39 is 73.5 Å². The van der Waals surface area contributed by atoms with Crippen LogP contribution in [-0.4, -0.2) is 98.9 Å². The summed E-state index contributed by atoms with van der Waals surface area (Å²) in [6, 6.07) is 9.24. The smallest absolute Gasteiger partial charge is 0.335 e. The van der Waals surface area contributed by atoms with Crippen molar-refractivity contribution in [2.45, 2.75) is 55.9 Å². The highest BCUT2D eigenvalue weighted by Crippen LogP contribution is 2.44. The number of aliphatic hydroxyl groups excluding tert-OH is 5. The van der Waals surface area contributed by atoms with Crippen molar-refractivity contribution in [3.63, 3.8) is 0 Å². The molecule has 12 heteroatoms. The van der Waals surface area contributed by atoms with E-state index in [9.17, 15) is 40.2 Å². The van der Waals surface area contributed by atoms with Gasteiger partial charge in [0.2, 0.25) is 6.29 Å². The fourth-order valence-corrected chi connectivity index (χ4v) is 4.86. The highest BCUT2D eigenvalue weighted by Gasteiger charge is 2.49. The molecule has 0 saturated carbocycles. The largest absolute Gasteiger partial charge is 0.478 e. The maximum absolute atomic E-state index is 12.4. The van der Waals surface area contributed by atoms with Crippen molar-refractivity contribution in [1.82, 2.24) is 0 Å². The minimum Gasteiger partial charge on any atom is -0.478 e. The van der Waals surface area contributed by atoms with Crippen molar-refractivity contribution in [3.05, 3.63) is 65.5 Å². The van der Waals surface area contributed by atoms with Gasteiger partial charge in [0.25, 0.3) is 0 Å². The molecule has 0 spiro atoms. The van der Waals surface area contributed by atoms with E-state index in [0.29, 0.717) is 5.57 Å². The Labute approximate surface area is 224 Å². The van der Waals surface area contributed by atoms with Gasteiger partial charge in [0.05, 0.1) is 36.9 Å². The van der Waals surface area contributed by atoms with Crippen LogP contribution in [0.5, 0.6) is 0 Å². The Morgan fingerprint density at radius 2 is 1.82 bits per heavy atom. The summed E-state index contributed by atoms with van der Waals surface area (Å²) < 4.78 is 22.1. The van der Waals surface area contributed by atoms with Crippen LogP contribution < -0.4 is 0 Å². The molecular formula is C27H32O12. The number of rotatable bonds is 10. The molecule has 1 aromatic carbocycles. The molecule has 0 unspecified atom stereocenters. The van der Waals surface area contributed by atoms with Gasteiger partial charge in [0, 0.05) is 5.92 Å². The van der Waals surface area contributed by atoms with Crippen LogP contribution in [0.2, 0.25) is 0 Å². The standard InChI is InChI=1S/C27H32O12/c28-11-19-22(31)23(32)24(33)27(38-19)39-26-21-15(7-9-17(21)18(13-37-26)25(34)35)12-36-20(30)10-16(29)8-6-14-4-2-1-3-5-14/h1-8,13,16-17,19,21-24,26-29,31-33H,9-12H2,(H,34,35)/t16-,17+,19+,21+,22+,23-,24+,26-,27-/m0/s1. The van der Waals surface area contributed by atoms with Crippen LogP contribution in [0.25, 0.3) is 6.08 Å². The minimum absolute atomic E-state index is 0.0206. The molecule has 0 bridgehead atoms. The minimum atomic E-state index is -1.69. The first-order chi connectivity index (χ1) is 18.7. The molecule has 1 aromatic rings. The molecule has 212 valence electrons. The molecule has 0 amide bonds. The van der Waals surface area contributed by atoms with Gasteiger partial charge in [-0.1, -0.05) is 48.6 Å². The number of carbonyl (C=O) groups is 2. The third-order valence-electron chi connectivity index (χ3n) is 6.97. The lowest BCUT2D eigenvalue weighted by Crippen LogP contribution is -2.60. The number of esters is 1. The van der Waals surface area contributed by atoms with E-state index in [4.69, 9.17) is 18.9 Å². The van der Waals surface area contributed by atoms with Crippen LogP contribution in [0.3, 0.4) is 0 Å². The molecule has 1 saturated heterocycles. The fraction of sp³-hybridized carbons (Fsp3) is 0.481. The average Bonchev–Trinajstić information content (AvgIpc) is 3.36. The lowest BCUT2D eigenvalue weighted by Gasteiger charge is -2.42. The van der Waals surface area contributed by atoms with E-state index >= 15 is 0 Å². The second-order valence-corrected chi connectivity index (χ2v) is 9.57. The molecule has 1 aliphatic carbocycles. The van der Waals surface area contributed by atoms with E-state index in [2.05, 4.69) is 0 Å². The zero-order valence-electron chi connectivity index (χ0n) is 20.9. The first-order valence-electron chi connectivity index (χ1n) is 12.5. The summed E-state index contributed by atoms with van der Waals surface area (Å²) in [6.07, 6.45) is -4.05. The van der Waals surface area contributed by atoms with Crippen molar-refractivity contribution in [2.75, 3.05) is 13.2 Å². The number of carboxylic acid groups (broad SMARTS) is 1. The summed E-state index contributed by atoms with van der Waals surface area (Å²) in [5.74, 6) is -3.22. The topological polar surface area (TPSA) is 192 Å². The predicted octanol–water partition coefficient (Wildman–Crippen LogP) is -0.302. The van der Waals surface area contributed by atoms with Crippen LogP contribution >= 0.6 is 0 Å². The normalized spacial score (nSPS) is 33.1. The molecule has 3 aliphatic rings. The van der Waals surface area contributed by atoms with Crippen LogP contribution in [-0.2, 0) is 28.5 Å². The molecule has 1 fully saturated rings. The molecular weight excluding hydrogens is 516 g/mol. The number of hydrogen-bond donors (Lipinski definition) is 6. The molecule has 0 aromatic heterocycles. The van der Waals surface area contributed by atoms with Gasteiger partial charge in [-0.25, -0.2) is 4.79 Å². The Hall–Kier alpha value is -3.10. The monoisotopic (exact) mass is 548 g/mol. The molecule has 6 N–H and O–H groups in total. The maximum Gasteiger partial charge on any atom is 0.335 e. The lowest BCUT2D eigenvalue weighted by atomic mass is 9.83. The Kier molecular flexibility index (Phi) is 9.51. The lowest BCUT2D eigenvalue weighted by molar-refractivity contribution is -0.339. The second-order valence-electron chi connectivity index (χ2n) is 9.57. The van der Waals surface area contributed by atoms with E-state index in [0.717, 1.165) is 11.8 Å². The predicted molar refractivity (Wildman–Crippen MR) is 132 cm³/mol. The van der Waals surface area contributed by atoms with Crippen LogP contribution in [0.4, 0.5) is 0 Å². The summed E-state index contributed by atoms with van der Waals surface area (Å²) in [4.78, 5) is 24.2. The molecule has 2 aliphatic heterocycles. The average molecular weight is 549 g/mol. The zero-order valence-corrected chi connectivity index (χ0v) is 20.9. The van der Waals surface area contributed by atoms with E-state index in [1.807, 2.05) is 30.3 Å². The summed E-state index contributed by atoms with van der Waals surface area (Å²) in [7, 11) is 0. The van der Waals surface area contributed by atoms with Gasteiger partial charge < -0.3 is 49.6 Å². The molecule has 4 rings (SSSR count). The van der Waals surface area contributed by atoms with Gasteiger partial charge in [-0.3, -0.25) is 4.79 Å². The van der Waals surface area contributed by atoms with Gasteiger partial charge in [-0.2, -0.15) is 0 Å². The van der Waals surface area contributed by atoms with Crippen LogP contribution in [0, 0.1) is 11.8 Å². The Balaban J connectivity index is 1.40. The summed E-state index contributed by atoms with van der Waals surface area (Å²) in [5.41, 5.74) is 1.34. The van der Waals surface area contributed by atoms with Gasteiger partial charge in [-0.05, 0) is 17.6 Å². The van der Waals surface area contributed by atoms with E-state index in [1.54, 1.807) is 12.2 Å². The molecule has 0 radical (unpaired) electrons. The SMILES string of the molecule is O=C(C[C@@H](O)C=Cc1ccccc1)OCC1=CC[C@@H]2C(C(=O)O)=CO[C@@H](O[C@@H]3O[C@H](CO)[C@@H](O)[C@H](O)[C@H]3O)[C@H]12. The maximum atomic E-state index is 12.4. The van der Waals surface area contributed by atoms with E-state index in [1.165, 1.54) is 6.08 Å². The number of aliphatic carboxylic acids is 1. The number of allylic oxidation sites excluding steroid dienone is 1. The number of aliphatic hydroxyl groups is 5. The number of fused-ring (bicyclic) bond motifs is 1.